The molecule has 0 fully saturated rings. The van der Waals surface area contributed by atoms with Gasteiger partial charge in [0.2, 0.25) is 0 Å². The van der Waals surface area contributed by atoms with Gasteiger partial charge in [0, 0.05) is 10.9 Å². The second kappa shape index (κ2) is 4.61. The van der Waals surface area contributed by atoms with Crippen molar-refractivity contribution in [2.24, 2.45) is 0 Å². The second-order valence-corrected chi connectivity index (χ2v) is 3.17. The van der Waals surface area contributed by atoms with E-state index in [1.165, 1.54) is 0 Å². The highest BCUT2D eigenvalue weighted by atomic mass is 79.9. The molecule has 15 heavy (non-hydrogen) atoms. The summed E-state index contributed by atoms with van der Waals surface area (Å²) in [5.74, 6) is -2.76. The van der Waals surface area contributed by atoms with Gasteiger partial charge in [-0.05, 0) is 6.07 Å². The average Bonchev–Trinajstić information content (AvgIpc) is 2.17. The van der Waals surface area contributed by atoms with Crippen molar-refractivity contribution in [3.63, 3.8) is 0 Å². The van der Waals surface area contributed by atoms with Gasteiger partial charge in [0.15, 0.2) is 11.5 Å². The molecule has 0 aliphatic heterocycles. The van der Waals surface area contributed by atoms with Crippen LogP contribution in [0.3, 0.4) is 0 Å². The molecule has 1 aromatic rings. The largest absolute Gasteiger partial charge is 0.476 e. The number of alkyl halides is 3. The third kappa shape index (κ3) is 2.47. The quantitative estimate of drug-likeness (QED) is 0.868. The summed E-state index contributed by atoms with van der Waals surface area (Å²) in [5.41, 5.74) is -1.89. The number of hydrogen-bond acceptors (Lipinski definition) is 2. The standard InChI is InChI=1S/C8H5BrF3NO2/c9-2-3-1-4(7(11)12)13-6(5(3)10)8(14)15/h1,7H,2H2,(H,14,15). The summed E-state index contributed by atoms with van der Waals surface area (Å²) in [6.45, 7) is 0. The van der Waals surface area contributed by atoms with Gasteiger partial charge in [-0.3, -0.25) is 0 Å². The first kappa shape index (κ1) is 12.0. The maximum atomic E-state index is 13.2. The molecule has 7 heteroatoms. The minimum Gasteiger partial charge on any atom is -0.476 e. The topological polar surface area (TPSA) is 50.2 Å². The van der Waals surface area contributed by atoms with E-state index in [0.29, 0.717) is 0 Å². The van der Waals surface area contributed by atoms with Crippen molar-refractivity contribution in [2.75, 3.05) is 0 Å². The summed E-state index contributed by atoms with van der Waals surface area (Å²) in [5, 5.41) is 8.47. The van der Waals surface area contributed by atoms with Crippen LogP contribution in [0.25, 0.3) is 0 Å². The van der Waals surface area contributed by atoms with Gasteiger partial charge in [-0.15, -0.1) is 0 Å². The molecule has 0 aliphatic rings. The third-order valence-electron chi connectivity index (χ3n) is 1.62. The zero-order chi connectivity index (χ0) is 11.6. The smallest absolute Gasteiger partial charge is 0.357 e. The van der Waals surface area contributed by atoms with Crippen LogP contribution in [0, 0.1) is 5.82 Å². The lowest BCUT2D eigenvalue weighted by Gasteiger charge is -2.06. The number of carboxylic acid groups (broad SMARTS) is 1. The molecular formula is C8H5BrF3NO2. The molecule has 0 spiro atoms. The molecule has 82 valence electrons. The van der Waals surface area contributed by atoms with Gasteiger partial charge < -0.3 is 5.11 Å². The molecule has 0 amide bonds. The van der Waals surface area contributed by atoms with Crippen LogP contribution in [0.15, 0.2) is 6.07 Å². The fourth-order valence-corrected chi connectivity index (χ4v) is 1.36. The Morgan fingerprint density at radius 2 is 2.20 bits per heavy atom. The van der Waals surface area contributed by atoms with Crippen molar-refractivity contribution in [3.8, 4) is 0 Å². The number of rotatable bonds is 3. The predicted octanol–water partition coefficient (Wildman–Crippen LogP) is 2.75. The van der Waals surface area contributed by atoms with Crippen molar-refractivity contribution >= 4 is 21.9 Å². The Balaban J connectivity index is 3.38. The zero-order valence-electron chi connectivity index (χ0n) is 7.18. The van der Waals surface area contributed by atoms with Gasteiger partial charge in [0.25, 0.3) is 6.43 Å². The molecule has 0 atom stereocenters. The van der Waals surface area contributed by atoms with Crippen molar-refractivity contribution in [3.05, 3.63) is 28.8 Å². The Kier molecular flexibility index (Phi) is 3.67. The number of pyridine rings is 1. The second-order valence-electron chi connectivity index (χ2n) is 2.61. The summed E-state index contributed by atoms with van der Waals surface area (Å²) < 4.78 is 37.8. The fraction of sp³-hybridized carbons (Fsp3) is 0.250. The van der Waals surface area contributed by atoms with E-state index in [1.807, 2.05) is 0 Å². The van der Waals surface area contributed by atoms with Gasteiger partial charge >= 0.3 is 5.97 Å². The maximum Gasteiger partial charge on any atom is 0.357 e. The Labute approximate surface area is 91.1 Å². The molecule has 1 rings (SSSR count). The lowest BCUT2D eigenvalue weighted by atomic mass is 10.2. The summed E-state index contributed by atoms with van der Waals surface area (Å²) in [6.07, 6.45) is -2.93. The molecular weight excluding hydrogens is 279 g/mol. The van der Waals surface area contributed by atoms with Gasteiger partial charge in [0.1, 0.15) is 5.69 Å². The predicted molar refractivity (Wildman–Crippen MR) is 48.7 cm³/mol. The van der Waals surface area contributed by atoms with E-state index in [2.05, 4.69) is 20.9 Å². The number of nitrogens with zero attached hydrogens (tertiary/aromatic N) is 1. The molecule has 0 saturated heterocycles. The zero-order valence-corrected chi connectivity index (χ0v) is 8.76. The number of aromatic nitrogens is 1. The van der Waals surface area contributed by atoms with Crippen LogP contribution in [0.1, 0.15) is 28.2 Å². The summed E-state index contributed by atoms with van der Waals surface area (Å²) in [7, 11) is 0. The van der Waals surface area contributed by atoms with Crippen molar-refractivity contribution < 1.29 is 23.1 Å². The van der Waals surface area contributed by atoms with Crippen LogP contribution < -0.4 is 0 Å². The number of halogens is 4. The Morgan fingerprint density at radius 3 is 2.60 bits per heavy atom. The first-order valence-electron chi connectivity index (χ1n) is 3.74. The molecule has 1 heterocycles. The Hall–Kier alpha value is -1.11. The summed E-state index contributed by atoms with van der Waals surface area (Å²) >= 11 is 2.87. The molecule has 0 unspecified atom stereocenters. The average molecular weight is 284 g/mol. The summed E-state index contributed by atoms with van der Waals surface area (Å²) in [6, 6.07) is 0.835. The Bertz CT molecular complexity index is 398. The molecule has 1 aromatic heterocycles. The van der Waals surface area contributed by atoms with Crippen molar-refractivity contribution in [2.45, 2.75) is 11.8 Å². The van der Waals surface area contributed by atoms with Crippen LogP contribution in [-0.2, 0) is 5.33 Å². The van der Waals surface area contributed by atoms with E-state index in [9.17, 15) is 18.0 Å². The highest BCUT2D eigenvalue weighted by Crippen LogP contribution is 2.22. The Morgan fingerprint density at radius 1 is 1.60 bits per heavy atom. The number of carbonyl (C=O) groups is 1. The van der Waals surface area contributed by atoms with E-state index in [-0.39, 0.29) is 10.9 Å². The normalized spacial score (nSPS) is 10.7. The first-order chi connectivity index (χ1) is 6.97. The van der Waals surface area contributed by atoms with Crippen LogP contribution in [-0.4, -0.2) is 16.1 Å². The molecule has 3 nitrogen and oxygen atoms in total. The van der Waals surface area contributed by atoms with Gasteiger partial charge in [-0.1, -0.05) is 15.9 Å². The SMILES string of the molecule is O=C(O)c1nc(C(F)F)cc(CBr)c1F. The van der Waals surface area contributed by atoms with Gasteiger partial charge in [-0.2, -0.15) is 0 Å². The number of hydrogen-bond donors (Lipinski definition) is 1. The van der Waals surface area contributed by atoms with E-state index >= 15 is 0 Å². The van der Waals surface area contributed by atoms with Crippen LogP contribution in [0.4, 0.5) is 13.2 Å². The molecule has 0 aromatic carbocycles. The minimum absolute atomic E-state index is 0.0542. The lowest BCUT2D eigenvalue weighted by Crippen LogP contribution is -2.09. The van der Waals surface area contributed by atoms with E-state index in [0.717, 1.165) is 6.07 Å². The van der Waals surface area contributed by atoms with Gasteiger partial charge in [-0.25, -0.2) is 22.9 Å². The third-order valence-corrected chi connectivity index (χ3v) is 2.23. The van der Waals surface area contributed by atoms with Gasteiger partial charge in [0.05, 0.1) is 0 Å². The monoisotopic (exact) mass is 283 g/mol. The molecule has 0 radical (unpaired) electrons. The molecule has 0 aliphatic carbocycles. The molecule has 0 saturated carbocycles. The minimum atomic E-state index is -2.93. The lowest BCUT2D eigenvalue weighted by molar-refractivity contribution is 0.0682. The van der Waals surface area contributed by atoms with Crippen LogP contribution >= 0.6 is 15.9 Å². The van der Waals surface area contributed by atoms with Crippen LogP contribution in [0.2, 0.25) is 0 Å². The van der Waals surface area contributed by atoms with E-state index < -0.39 is 29.6 Å². The highest BCUT2D eigenvalue weighted by Gasteiger charge is 2.20. The maximum absolute atomic E-state index is 13.2. The molecule has 1 N–H and O–H groups in total. The highest BCUT2D eigenvalue weighted by molar-refractivity contribution is 9.08. The molecule has 0 bridgehead atoms. The van der Waals surface area contributed by atoms with E-state index in [1.54, 1.807) is 0 Å². The van der Waals surface area contributed by atoms with Crippen molar-refractivity contribution in [1.29, 1.82) is 0 Å². The van der Waals surface area contributed by atoms with E-state index in [4.69, 9.17) is 5.11 Å². The number of aromatic carboxylic acids is 1. The summed E-state index contributed by atoms with van der Waals surface area (Å²) in [4.78, 5) is 13.5. The fourth-order valence-electron chi connectivity index (χ4n) is 0.955. The van der Waals surface area contributed by atoms with Crippen molar-refractivity contribution in [1.82, 2.24) is 4.98 Å². The first-order valence-corrected chi connectivity index (χ1v) is 4.86. The van der Waals surface area contributed by atoms with Crippen LogP contribution in [0.5, 0.6) is 0 Å². The number of carboxylic acids is 1.